The fourth-order valence-corrected chi connectivity index (χ4v) is 4.13. The zero-order valence-corrected chi connectivity index (χ0v) is 20.2. The van der Waals surface area contributed by atoms with E-state index in [1.807, 2.05) is 66.7 Å². The molecule has 0 aliphatic heterocycles. The van der Waals surface area contributed by atoms with Crippen molar-refractivity contribution in [1.29, 1.82) is 0 Å². The lowest BCUT2D eigenvalue weighted by molar-refractivity contribution is 0.590. The Morgan fingerprint density at radius 1 is 0.818 bits per heavy atom. The Labute approximate surface area is 200 Å². The van der Waals surface area contributed by atoms with Gasteiger partial charge in [0, 0.05) is 10.0 Å². The van der Waals surface area contributed by atoms with Crippen LogP contribution in [0.1, 0.15) is 26.3 Å². The molecule has 0 bridgehead atoms. The number of para-hydroxylation sites is 1. The Morgan fingerprint density at radius 2 is 1.48 bits per heavy atom. The molecule has 0 radical (unpaired) electrons. The molecule has 0 saturated carbocycles. The highest BCUT2D eigenvalue weighted by Crippen LogP contribution is 2.28. The van der Waals surface area contributed by atoms with Gasteiger partial charge >= 0.3 is 0 Å². The smallest absolute Gasteiger partial charge is 0.268 e. The van der Waals surface area contributed by atoms with E-state index < -0.39 is 0 Å². The van der Waals surface area contributed by atoms with Crippen molar-refractivity contribution in [3.05, 3.63) is 105 Å². The molecule has 2 aromatic heterocycles. The minimum atomic E-state index is -0.153. The lowest BCUT2D eigenvalue weighted by atomic mass is 9.86. The predicted molar refractivity (Wildman–Crippen MR) is 136 cm³/mol. The molecule has 0 N–H and O–H groups in total. The summed E-state index contributed by atoms with van der Waals surface area (Å²) in [6.45, 7) is 6.55. The van der Waals surface area contributed by atoms with E-state index in [0.717, 1.165) is 21.4 Å². The van der Waals surface area contributed by atoms with Crippen molar-refractivity contribution in [2.45, 2.75) is 26.2 Å². The van der Waals surface area contributed by atoms with E-state index in [2.05, 4.69) is 53.9 Å². The van der Waals surface area contributed by atoms with E-state index in [0.29, 0.717) is 16.9 Å². The largest absolute Gasteiger partial charge is 0.269 e. The number of hydrogen-bond donors (Lipinski definition) is 0. The van der Waals surface area contributed by atoms with Gasteiger partial charge in [-0.15, -0.1) is 0 Å². The van der Waals surface area contributed by atoms with Crippen molar-refractivity contribution < 1.29 is 0 Å². The quantitative estimate of drug-likeness (QED) is 0.293. The van der Waals surface area contributed by atoms with Crippen LogP contribution >= 0.6 is 15.9 Å². The van der Waals surface area contributed by atoms with Crippen molar-refractivity contribution >= 4 is 27.0 Å². The monoisotopic (exact) mass is 498 g/mol. The number of rotatable bonds is 3. The topological polar surface area (TPSA) is 52.7 Å². The molecule has 33 heavy (non-hydrogen) atoms. The molecule has 0 atom stereocenters. The highest BCUT2D eigenvalue weighted by atomic mass is 79.9. The van der Waals surface area contributed by atoms with Gasteiger partial charge in [0.25, 0.3) is 5.56 Å². The maximum atomic E-state index is 13.7. The van der Waals surface area contributed by atoms with Crippen molar-refractivity contribution in [2.24, 2.45) is 0 Å². The molecule has 5 nitrogen and oxygen atoms in total. The molecule has 164 valence electrons. The Bertz CT molecular complexity index is 1490. The van der Waals surface area contributed by atoms with E-state index in [1.54, 1.807) is 15.4 Å². The van der Waals surface area contributed by atoms with Crippen LogP contribution in [0.5, 0.6) is 0 Å². The third-order valence-corrected chi connectivity index (χ3v) is 6.22. The molecule has 0 amide bonds. The molecule has 0 aliphatic rings. The second kappa shape index (κ2) is 8.12. The number of fused-ring (bicyclic) bond motifs is 1. The van der Waals surface area contributed by atoms with Crippen LogP contribution in [0.2, 0.25) is 0 Å². The van der Waals surface area contributed by atoms with E-state index in [9.17, 15) is 4.79 Å². The van der Waals surface area contributed by atoms with E-state index >= 15 is 0 Å². The van der Waals surface area contributed by atoms with Gasteiger partial charge in [0.2, 0.25) is 0 Å². The fourth-order valence-electron chi connectivity index (χ4n) is 3.87. The van der Waals surface area contributed by atoms with Crippen molar-refractivity contribution in [3.63, 3.8) is 0 Å². The summed E-state index contributed by atoms with van der Waals surface area (Å²) >= 11 is 3.48. The van der Waals surface area contributed by atoms with Crippen LogP contribution in [-0.2, 0) is 5.41 Å². The lowest BCUT2D eigenvalue weighted by Gasteiger charge is -2.19. The Hall–Kier alpha value is -3.51. The first-order valence-electron chi connectivity index (χ1n) is 10.8. The molecule has 0 spiro atoms. The average Bonchev–Trinajstić information content (AvgIpc) is 3.24. The summed E-state index contributed by atoms with van der Waals surface area (Å²) in [5, 5.41) is 4.96. The van der Waals surface area contributed by atoms with E-state index in [1.165, 1.54) is 5.56 Å². The normalized spacial score (nSPS) is 11.8. The molecule has 0 aliphatic carbocycles. The SMILES string of the molecule is CC(C)(C)c1ccc(-c2nc3c(cnn3-c3ccccc3)c(=O)n2-c2ccc(Br)cc2)cc1. The molecule has 3 aromatic carbocycles. The third kappa shape index (κ3) is 3.91. The first-order chi connectivity index (χ1) is 15.8. The van der Waals surface area contributed by atoms with Crippen LogP contribution in [0.4, 0.5) is 0 Å². The first-order valence-corrected chi connectivity index (χ1v) is 11.6. The Balaban J connectivity index is 1.80. The molecule has 0 fully saturated rings. The second-order valence-electron chi connectivity index (χ2n) is 9.01. The second-order valence-corrected chi connectivity index (χ2v) is 9.92. The average molecular weight is 499 g/mol. The van der Waals surface area contributed by atoms with Gasteiger partial charge in [-0.2, -0.15) is 5.10 Å². The highest BCUT2D eigenvalue weighted by molar-refractivity contribution is 9.10. The van der Waals surface area contributed by atoms with Crippen LogP contribution in [0.15, 0.2) is 94.3 Å². The number of halogens is 1. The molecule has 6 heteroatoms. The number of hydrogen-bond acceptors (Lipinski definition) is 3. The summed E-state index contributed by atoms with van der Waals surface area (Å²) in [5.41, 5.74) is 4.11. The maximum absolute atomic E-state index is 13.7. The summed E-state index contributed by atoms with van der Waals surface area (Å²) in [6.07, 6.45) is 1.60. The van der Waals surface area contributed by atoms with Gasteiger partial charge in [-0.25, -0.2) is 9.67 Å². The molecular formula is C27H23BrN4O. The van der Waals surface area contributed by atoms with Gasteiger partial charge in [0.15, 0.2) is 5.65 Å². The van der Waals surface area contributed by atoms with Gasteiger partial charge in [-0.05, 0) is 47.4 Å². The molecule has 5 rings (SSSR count). The van der Waals surface area contributed by atoms with Crippen LogP contribution in [-0.4, -0.2) is 19.3 Å². The minimum absolute atomic E-state index is 0.0349. The van der Waals surface area contributed by atoms with Gasteiger partial charge in [-0.1, -0.05) is 79.2 Å². The van der Waals surface area contributed by atoms with Crippen LogP contribution in [0.25, 0.3) is 33.8 Å². The lowest BCUT2D eigenvalue weighted by Crippen LogP contribution is -2.22. The standard InChI is InChI=1S/C27H23BrN4O/c1-27(2,3)19-11-9-18(10-12-19)24-30-25-23(17-29-32(25)22-7-5-4-6-8-22)26(33)31(24)21-15-13-20(28)14-16-21/h4-17H,1-3H3. The predicted octanol–water partition coefficient (Wildman–Crippen LogP) is 6.30. The summed E-state index contributed by atoms with van der Waals surface area (Å²) in [4.78, 5) is 18.7. The zero-order valence-electron chi connectivity index (χ0n) is 18.7. The summed E-state index contributed by atoms with van der Waals surface area (Å²) in [5.74, 6) is 0.577. The Kier molecular flexibility index (Phi) is 5.25. The summed E-state index contributed by atoms with van der Waals surface area (Å²) < 4.78 is 4.33. The maximum Gasteiger partial charge on any atom is 0.269 e. The van der Waals surface area contributed by atoms with Crippen LogP contribution in [0.3, 0.4) is 0 Å². The van der Waals surface area contributed by atoms with Crippen molar-refractivity contribution in [3.8, 4) is 22.8 Å². The van der Waals surface area contributed by atoms with Crippen molar-refractivity contribution in [1.82, 2.24) is 19.3 Å². The molecule has 0 unspecified atom stereocenters. The van der Waals surface area contributed by atoms with Gasteiger partial charge in [0.1, 0.15) is 11.2 Å². The van der Waals surface area contributed by atoms with Gasteiger partial charge in [0.05, 0.1) is 17.6 Å². The van der Waals surface area contributed by atoms with Crippen LogP contribution < -0.4 is 5.56 Å². The number of aromatic nitrogens is 4. The number of benzene rings is 3. The van der Waals surface area contributed by atoms with Gasteiger partial charge in [-0.3, -0.25) is 9.36 Å². The fraction of sp³-hybridized carbons (Fsp3) is 0.148. The summed E-state index contributed by atoms with van der Waals surface area (Å²) in [7, 11) is 0. The number of nitrogens with zero attached hydrogens (tertiary/aromatic N) is 4. The first kappa shape index (κ1) is 21.3. The molecule has 0 saturated heterocycles. The highest BCUT2D eigenvalue weighted by Gasteiger charge is 2.19. The van der Waals surface area contributed by atoms with Crippen LogP contribution in [0, 0.1) is 0 Å². The zero-order chi connectivity index (χ0) is 23.2. The Morgan fingerprint density at radius 3 is 2.12 bits per heavy atom. The van der Waals surface area contributed by atoms with Gasteiger partial charge < -0.3 is 0 Å². The van der Waals surface area contributed by atoms with E-state index in [-0.39, 0.29) is 11.0 Å². The summed E-state index contributed by atoms with van der Waals surface area (Å²) in [6, 6.07) is 25.7. The third-order valence-electron chi connectivity index (χ3n) is 5.70. The van der Waals surface area contributed by atoms with E-state index in [4.69, 9.17) is 4.98 Å². The van der Waals surface area contributed by atoms with Crippen molar-refractivity contribution in [2.75, 3.05) is 0 Å². The molecular weight excluding hydrogens is 476 g/mol. The minimum Gasteiger partial charge on any atom is -0.268 e. The molecule has 2 heterocycles. The molecule has 5 aromatic rings.